The molecular weight excluding hydrogens is 312 g/mol. The van der Waals surface area contributed by atoms with Crippen molar-refractivity contribution in [1.82, 2.24) is 0 Å². The molecule has 0 saturated carbocycles. The molecule has 0 aliphatic heterocycles. The van der Waals surface area contributed by atoms with E-state index in [4.69, 9.17) is 32.4 Å². The van der Waals surface area contributed by atoms with Crippen LogP contribution in [0, 0.1) is 0 Å². The van der Waals surface area contributed by atoms with Gasteiger partial charge in [-0.05, 0) is 51.6 Å². The molecule has 8 N–H and O–H groups in total. The molecule has 142 valence electrons. The first kappa shape index (κ1) is 22.8. The van der Waals surface area contributed by atoms with E-state index in [0.717, 1.165) is 38.5 Å². The largest absolute Gasteiger partial charge is 0.447 e. The second kappa shape index (κ2) is 15.3. The zero-order chi connectivity index (χ0) is 18.2. The Morgan fingerprint density at radius 1 is 0.667 bits per heavy atom. The molecule has 0 saturated heterocycles. The highest BCUT2D eigenvalue weighted by Gasteiger charge is 2.14. The summed E-state index contributed by atoms with van der Waals surface area (Å²) in [7, 11) is 0. The molecule has 2 atom stereocenters. The second-order valence-electron chi connectivity index (χ2n) is 5.83. The van der Waals surface area contributed by atoms with Crippen molar-refractivity contribution in [2.24, 2.45) is 22.9 Å². The SMILES string of the molecule is NCCCCCC(N)OC(=O)CCC(=O)OC(N)CCCCCN. The van der Waals surface area contributed by atoms with E-state index in [9.17, 15) is 9.59 Å². The monoisotopic (exact) mass is 346 g/mol. The summed E-state index contributed by atoms with van der Waals surface area (Å²) >= 11 is 0. The van der Waals surface area contributed by atoms with E-state index in [1.165, 1.54) is 0 Å². The minimum absolute atomic E-state index is 0.0603. The number of unbranched alkanes of at least 4 members (excludes halogenated alkanes) is 4. The third-order valence-corrected chi connectivity index (χ3v) is 3.48. The van der Waals surface area contributed by atoms with Crippen molar-refractivity contribution in [1.29, 1.82) is 0 Å². The van der Waals surface area contributed by atoms with Crippen LogP contribution < -0.4 is 22.9 Å². The van der Waals surface area contributed by atoms with E-state index in [1.54, 1.807) is 0 Å². The third kappa shape index (κ3) is 14.4. The highest BCUT2D eigenvalue weighted by atomic mass is 16.6. The molecule has 0 aromatic rings. The van der Waals surface area contributed by atoms with Crippen molar-refractivity contribution < 1.29 is 19.1 Å². The maximum absolute atomic E-state index is 11.6. The maximum Gasteiger partial charge on any atom is 0.307 e. The summed E-state index contributed by atoms with van der Waals surface area (Å²) < 4.78 is 10.1. The van der Waals surface area contributed by atoms with Gasteiger partial charge in [-0.1, -0.05) is 12.8 Å². The number of carbonyl (C=O) groups excluding carboxylic acids is 2. The average molecular weight is 346 g/mol. The van der Waals surface area contributed by atoms with Gasteiger partial charge in [0, 0.05) is 0 Å². The lowest BCUT2D eigenvalue weighted by atomic mass is 10.2. The molecule has 0 fully saturated rings. The summed E-state index contributed by atoms with van der Waals surface area (Å²) in [6, 6.07) is 0. The van der Waals surface area contributed by atoms with Gasteiger partial charge < -0.3 is 20.9 Å². The number of hydrogen-bond donors (Lipinski definition) is 4. The van der Waals surface area contributed by atoms with Gasteiger partial charge in [0.15, 0.2) is 12.5 Å². The Labute approximate surface area is 144 Å². The van der Waals surface area contributed by atoms with Gasteiger partial charge in [-0.3, -0.25) is 21.1 Å². The Morgan fingerprint density at radius 2 is 1.04 bits per heavy atom. The highest BCUT2D eigenvalue weighted by molar-refractivity contribution is 5.77. The third-order valence-electron chi connectivity index (χ3n) is 3.48. The summed E-state index contributed by atoms with van der Waals surface area (Å²) in [5, 5.41) is 0. The predicted octanol–water partition coefficient (Wildman–Crippen LogP) is 0.461. The van der Waals surface area contributed by atoms with Gasteiger partial charge in [0.2, 0.25) is 0 Å². The number of ether oxygens (including phenoxy) is 2. The molecule has 0 spiro atoms. The molecule has 0 amide bonds. The van der Waals surface area contributed by atoms with Gasteiger partial charge in [-0.15, -0.1) is 0 Å². The van der Waals surface area contributed by atoms with Gasteiger partial charge in [-0.2, -0.15) is 0 Å². The number of nitrogens with two attached hydrogens (primary N) is 4. The van der Waals surface area contributed by atoms with Crippen LogP contribution in [-0.2, 0) is 19.1 Å². The van der Waals surface area contributed by atoms with E-state index < -0.39 is 24.4 Å². The fraction of sp³-hybridized carbons (Fsp3) is 0.875. The summed E-state index contributed by atoms with van der Waals surface area (Å²) in [5.41, 5.74) is 22.2. The van der Waals surface area contributed by atoms with Crippen LogP contribution in [0.2, 0.25) is 0 Å². The number of rotatable bonds is 15. The van der Waals surface area contributed by atoms with Gasteiger partial charge in [0.05, 0.1) is 12.8 Å². The minimum Gasteiger partial charge on any atom is -0.447 e. The summed E-state index contributed by atoms with van der Waals surface area (Å²) in [4.78, 5) is 23.2. The van der Waals surface area contributed by atoms with Gasteiger partial charge >= 0.3 is 11.9 Å². The van der Waals surface area contributed by atoms with Crippen molar-refractivity contribution in [3.8, 4) is 0 Å². The number of esters is 2. The summed E-state index contributed by atoms with van der Waals surface area (Å²) in [6.45, 7) is 1.29. The van der Waals surface area contributed by atoms with E-state index in [-0.39, 0.29) is 12.8 Å². The van der Waals surface area contributed by atoms with Gasteiger partial charge in [-0.25, -0.2) is 0 Å². The molecule has 0 aliphatic rings. The fourth-order valence-corrected chi connectivity index (χ4v) is 2.11. The topological polar surface area (TPSA) is 157 Å². The van der Waals surface area contributed by atoms with Crippen LogP contribution in [-0.4, -0.2) is 37.5 Å². The lowest BCUT2D eigenvalue weighted by Crippen LogP contribution is -2.29. The summed E-state index contributed by atoms with van der Waals surface area (Å²) in [5.74, 6) is -1.01. The lowest BCUT2D eigenvalue weighted by molar-refractivity contribution is -0.156. The Hall–Kier alpha value is -1.22. The van der Waals surface area contributed by atoms with Crippen molar-refractivity contribution >= 4 is 11.9 Å². The normalized spacial score (nSPS) is 13.3. The fourth-order valence-electron chi connectivity index (χ4n) is 2.11. The van der Waals surface area contributed by atoms with Crippen LogP contribution >= 0.6 is 0 Å². The van der Waals surface area contributed by atoms with Crippen LogP contribution in [0.3, 0.4) is 0 Å². The number of carbonyl (C=O) groups is 2. The quantitative estimate of drug-likeness (QED) is 0.189. The summed E-state index contributed by atoms with van der Waals surface area (Å²) in [6.07, 6.45) is 5.25. The molecule has 0 aromatic heterocycles. The predicted molar refractivity (Wildman–Crippen MR) is 92.4 cm³/mol. The van der Waals surface area contributed by atoms with Crippen molar-refractivity contribution in [2.45, 2.75) is 76.7 Å². The Balaban J connectivity index is 3.71. The Kier molecular flexibility index (Phi) is 14.5. The molecule has 24 heavy (non-hydrogen) atoms. The molecule has 8 nitrogen and oxygen atoms in total. The van der Waals surface area contributed by atoms with Crippen molar-refractivity contribution in [2.75, 3.05) is 13.1 Å². The van der Waals surface area contributed by atoms with E-state index in [2.05, 4.69) is 0 Å². The van der Waals surface area contributed by atoms with Crippen molar-refractivity contribution in [3.63, 3.8) is 0 Å². The molecule has 0 heterocycles. The van der Waals surface area contributed by atoms with Crippen LogP contribution in [0.15, 0.2) is 0 Å². The zero-order valence-corrected chi connectivity index (χ0v) is 14.6. The maximum atomic E-state index is 11.6. The van der Waals surface area contributed by atoms with Crippen LogP contribution in [0.5, 0.6) is 0 Å². The Bertz CT molecular complexity index is 310. The number of hydrogen-bond acceptors (Lipinski definition) is 8. The van der Waals surface area contributed by atoms with E-state index >= 15 is 0 Å². The molecule has 8 heteroatoms. The first-order chi connectivity index (χ1) is 11.5. The smallest absolute Gasteiger partial charge is 0.307 e. The Morgan fingerprint density at radius 3 is 1.38 bits per heavy atom. The van der Waals surface area contributed by atoms with Gasteiger partial charge in [0.25, 0.3) is 0 Å². The molecule has 0 rings (SSSR count). The van der Waals surface area contributed by atoms with E-state index in [0.29, 0.717) is 25.9 Å². The first-order valence-electron chi connectivity index (χ1n) is 8.79. The van der Waals surface area contributed by atoms with E-state index in [1.807, 2.05) is 0 Å². The molecule has 0 radical (unpaired) electrons. The molecule has 0 bridgehead atoms. The standard InChI is InChI=1S/C16H34N4O4/c17-11-5-1-3-7-13(19)23-15(21)9-10-16(22)24-14(20)8-4-2-6-12-18/h13-14H,1-12,17-20H2. The molecule has 0 aromatic carbocycles. The van der Waals surface area contributed by atoms with Crippen LogP contribution in [0.25, 0.3) is 0 Å². The van der Waals surface area contributed by atoms with Crippen molar-refractivity contribution in [3.05, 3.63) is 0 Å². The molecule has 2 unspecified atom stereocenters. The first-order valence-corrected chi connectivity index (χ1v) is 8.79. The molecule has 0 aliphatic carbocycles. The van der Waals surface area contributed by atoms with Crippen LogP contribution in [0.4, 0.5) is 0 Å². The minimum atomic E-state index is -0.643. The highest BCUT2D eigenvalue weighted by Crippen LogP contribution is 2.07. The van der Waals surface area contributed by atoms with Gasteiger partial charge in [0.1, 0.15) is 0 Å². The lowest BCUT2D eigenvalue weighted by Gasteiger charge is -2.14. The zero-order valence-electron chi connectivity index (χ0n) is 14.6. The average Bonchev–Trinajstić information content (AvgIpc) is 2.54. The van der Waals surface area contributed by atoms with Crippen LogP contribution in [0.1, 0.15) is 64.2 Å². The second-order valence-corrected chi connectivity index (χ2v) is 5.83. The molecular formula is C16H34N4O4.